The molecular weight excluding hydrogens is 322 g/mol. The van der Waals surface area contributed by atoms with Gasteiger partial charge in [-0.3, -0.25) is 0 Å². The van der Waals surface area contributed by atoms with Crippen LogP contribution in [0.4, 0.5) is 10.5 Å². The molecule has 0 aliphatic carbocycles. The van der Waals surface area contributed by atoms with Crippen LogP contribution < -0.4 is 10.6 Å². The van der Waals surface area contributed by atoms with Gasteiger partial charge in [0.05, 0.1) is 12.7 Å². The van der Waals surface area contributed by atoms with E-state index in [0.717, 1.165) is 5.56 Å². The van der Waals surface area contributed by atoms with E-state index in [1.54, 1.807) is 56.4 Å². The van der Waals surface area contributed by atoms with Gasteiger partial charge in [0.25, 0.3) is 0 Å². The number of aliphatic hydroxyl groups is 1. The Morgan fingerprint density at radius 3 is 2.60 bits per heavy atom. The summed E-state index contributed by atoms with van der Waals surface area (Å²) in [7, 11) is 0. The topological polar surface area (TPSA) is 101 Å². The second kappa shape index (κ2) is 6.82. The maximum absolute atomic E-state index is 12.0. The highest BCUT2D eigenvalue weighted by molar-refractivity contribution is 5.89. The van der Waals surface area contributed by atoms with Gasteiger partial charge in [0.2, 0.25) is 5.89 Å². The maximum Gasteiger partial charge on any atom is 0.319 e. The molecule has 0 fully saturated rings. The highest BCUT2D eigenvalue weighted by Crippen LogP contribution is 2.22. The van der Waals surface area contributed by atoms with Crippen LogP contribution in [0.15, 0.2) is 57.7 Å². The van der Waals surface area contributed by atoms with Gasteiger partial charge in [0, 0.05) is 11.3 Å². The second-order valence-electron chi connectivity index (χ2n) is 5.91. The van der Waals surface area contributed by atoms with Crippen molar-refractivity contribution in [1.29, 1.82) is 0 Å². The monoisotopic (exact) mass is 341 g/mol. The van der Waals surface area contributed by atoms with Gasteiger partial charge in [-0.1, -0.05) is 0 Å². The zero-order valence-corrected chi connectivity index (χ0v) is 13.9. The van der Waals surface area contributed by atoms with Crippen molar-refractivity contribution >= 4 is 11.7 Å². The third-order valence-corrected chi connectivity index (χ3v) is 3.69. The Bertz CT molecular complexity index is 836. The Hall–Kier alpha value is -3.06. The number of carbonyl (C=O) groups is 1. The average Bonchev–Trinajstić information content (AvgIpc) is 3.26. The summed E-state index contributed by atoms with van der Waals surface area (Å²) in [5.41, 5.74) is 0.133. The number of hydrogen-bond donors (Lipinski definition) is 3. The minimum absolute atomic E-state index is 0.0141. The van der Waals surface area contributed by atoms with E-state index in [-0.39, 0.29) is 6.54 Å². The van der Waals surface area contributed by atoms with Crippen molar-refractivity contribution < 1.29 is 18.7 Å². The van der Waals surface area contributed by atoms with E-state index in [1.165, 1.54) is 6.26 Å². The number of urea groups is 1. The van der Waals surface area contributed by atoms with Crippen molar-refractivity contribution in [1.82, 2.24) is 10.3 Å². The number of aromatic nitrogens is 1. The Balaban J connectivity index is 1.55. The molecule has 2 aromatic heterocycles. The first-order valence-corrected chi connectivity index (χ1v) is 7.78. The number of hydrogen-bond acceptors (Lipinski definition) is 5. The summed E-state index contributed by atoms with van der Waals surface area (Å²) in [6, 6.07) is 10.1. The SMILES string of the molecule is Cc1ccc(C(C)(O)CNC(=O)Nc2ccc(-c3ncco3)cc2)o1. The lowest BCUT2D eigenvalue weighted by atomic mass is 10.0. The maximum atomic E-state index is 12.0. The van der Waals surface area contributed by atoms with Crippen LogP contribution in [0.25, 0.3) is 11.5 Å². The van der Waals surface area contributed by atoms with E-state index >= 15 is 0 Å². The summed E-state index contributed by atoms with van der Waals surface area (Å²) < 4.78 is 10.6. The van der Waals surface area contributed by atoms with Crippen LogP contribution in [-0.4, -0.2) is 22.7 Å². The number of aryl methyl sites for hydroxylation is 1. The minimum atomic E-state index is -1.29. The first kappa shape index (κ1) is 16.8. The van der Waals surface area contributed by atoms with E-state index in [9.17, 15) is 9.90 Å². The Kier molecular flexibility index (Phi) is 4.58. The number of nitrogens with one attached hydrogen (secondary N) is 2. The third-order valence-electron chi connectivity index (χ3n) is 3.69. The second-order valence-corrected chi connectivity index (χ2v) is 5.91. The Labute approximate surface area is 144 Å². The number of amides is 2. The van der Waals surface area contributed by atoms with Crippen LogP contribution in [-0.2, 0) is 5.60 Å². The summed E-state index contributed by atoms with van der Waals surface area (Å²) in [6.45, 7) is 3.39. The zero-order chi connectivity index (χ0) is 17.9. The third kappa shape index (κ3) is 4.07. The first-order valence-electron chi connectivity index (χ1n) is 7.78. The number of anilines is 1. The minimum Gasteiger partial charge on any atom is -0.463 e. The van der Waals surface area contributed by atoms with Crippen LogP contribution in [0.2, 0.25) is 0 Å². The van der Waals surface area contributed by atoms with Crippen molar-refractivity contribution in [2.24, 2.45) is 0 Å². The van der Waals surface area contributed by atoms with Gasteiger partial charge < -0.3 is 24.6 Å². The summed E-state index contributed by atoms with van der Waals surface area (Å²) in [4.78, 5) is 16.1. The normalized spacial score (nSPS) is 13.2. The molecule has 0 spiro atoms. The molecule has 0 aliphatic rings. The van der Waals surface area contributed by atoms with Crippen molar-refractivity contribution in [2.45, 2.75) is 19.4 Å². The molecule has 1 unspecified atom stereocenters. The van der Waals surface area contributed by atoms with E-state index < -0.39 is 11.6 Å². The van der Waals surface area contributed by atoms with E-state index in [4.69, 9.17) is 8.83 Å². The molecule has 1 aromatic carbocycles. The number of oxazole rings is 1. The number of furan rings is 1. The lowest BCUT2D eigenvalue weighted by Gasteiger charge is -2.21. The quantitative estimate of drug-likeness (QED) is 0.661. The summed E-state index contributed by atoms with van der Waals surface area (Å²) >= 11 is 0. The molecule has 2 amide bonds. The van der Waals surface area contributed by atoms with Gasteiger partial charge in [-0.2, -0.15) is 0 Å². The van der Waals surface area contributed by atoms with Crippen LogP contribution in [0.3, 0.4) is 0 Å². The highest BCUT2D eigenvalue weighted by Gasteiger charge is 2.27. The fourth-order valence-electron chi connectivity index (χ4n) is 2.30. The lowest BCUT2D eigenvalue weighted by Crippen LogP contribution is -2.40. The molecule has 7 nitrogen and oxygen atoms in total. The first-order chi connectivity index (χ1) is 11.9. The van der Waals surface area contributed by atoms with Crippen LogP contribution in [0.1, 0.15) is 18.4 Å². The molecule has 7 heteroatoms. The van der Waals surface area contributed by atoms with Crippen molar-refractivity contribution in [2.75, 3.05) is 11.9 Å². The van der Waals surface area contributed by atoms with Gasteiger partial charge in [-0.05, 0) is 50.2 Å². The van der Waals surface area contributed by atoms with Gasteiger partial charge in [0.1, 0.15) is 23.4 Å². The molecule has 3 rings (SSSR count). The molecule has 2 heterocycles. The Morgan fingerprint density at radius 1 is 1.24 bits per heavy atom. The molecule has 130 valence electrons. The van der Waals surface area contributed by atoms with Crippen LogP contribution in [0.5, 0.6) is 0 Å². The number of nitrogens with zero attached hydrogens (tertiary/aromatic N) is 1. The van der Waals surface area contributed by atoms with Gasteiger partial charge in [0.15, 0.2) is 0 Å². The molecule has 0 saturated heterocycles. The van der Waals surface area contributed by atoms with Crippen LogP contribution >= 0.6 is 0 Å². The van der Waals surface area contributed by atoms with Crippen molar-refractivity contribution in [3.63, 3.8) is 0 Å². The molecular formula is C18H19N3O4. The molecule has 3 aromatic rings. The fraction of sp³-hybridized carbons (Fsp3) is 0.222. The molecule has 25 heavy (non-hydrogen) atoms. The van der Waals surface area contributed by atoms with E-state index in [0.29, 0.717) is 23.1 Å². The number of benzene rings is 1. The highest BCUT2D eigenvalue weighted by atomic mass is 16.4. The lowest BCUT2D eigenvalue weighted by molar-refractivity contribution is 0.0364. The fourth-order valence-corrected chi connectivity index (χ4v) is 2.30. The molecule has 0 aliphatic heterocycles. The molecule has 0 radical (unpaired) electrons. The molecule has 1 atom stereocenters. The summed E-state index contributed by atoms with van der Waals surface area (Å²) in [5, 5.41) is 15.7. The predicted octanol–water partition coefficient (Wildman–Crippen LogP) is 3.27. The molecule has 0 bridgehead atoms. The summed E-state index contributed by atoms with van der Waals surface area (Å²) in [5.74, 6) is 1.62. The average molecular weight is 341 g/mol. The summed E-state index contributed by atoms with van der Waals surface area (Å²) in [6.07, 6.45) is 3.07. The molecule has 3 N–H and O–H groups in total. The number of carbonyl (C=O) groups excluding carboxylic acids is 1. The predicted molar refractivity (Wildman–Crippen MR) is 92.0 cm³/mol. The van der Waals surface area contributed by atoms with Gasteiger partial charge in [-0.25, -0.2) is 9.78 Å². The van der Waals surface area contributed by atoms with Crippen LogP contribution in [0, 0.1) is 6.92 Å². The Morgan fingerprint density at radius 2 is 2.00 bits per heavy atom. The smallest absolute Gasteiger partial charge is 0.319 e. The van der Waals surface area contributed by atoms with Crippen molar-refractivity contribution in [3.8, 4) is 11.5 Å². The largest absolute Gasteiger partial charge is 0.463 e. The van der Waals surface area contributed by atoms with E-state index in [1.807, 2.05) is 0 Å². The van der Waals surface area contributed by atoms with E-state index in [2.05, 4.69) is 15.6 Å². The van der Waals surface area contributed by atoms with Gasteiger partial charge in [-0.15, -0.1) is 0 Å². The van der Waals surface area contributed by atoms with Crippen molar-refractivity contribution in [3.05, 3.63) is 60.4 Å². The zero-order valence-electron chi connectivity index (χ0n) is 13.9. The standard InChI is InChI=1S/C18H19N3O4/c1-12-3-8-15(25-12)18(2,23)11-20-17(22)21-14-6-4-13(5-7-14)16-19-9-10-24-16/h3-10,23H,11H2,1-2H3,(H2,20,21,22). The van der Waals surface area contributed by atoms with Gasteiger partial charge >= 0.3 is 6.03 Å². The molecule has 0 saturated carbocycles. The number of rotatable bonds is 5.